The van der Waals surface area contributed by atoms with Gasteiger partial charge in [0.25, 0.3) is 0 Å². The molecule has 0 bridgehead atoms. The highest BCUT2D eigenvalue weighted by molar-refractivity contribution is 5.74. The second-order valence-corrected chi connectivity index (χ2v) is 5.92. The average Bonchev–Trinajstić information content (AvgIpc) is 3.27. The molecular weight excluding hydrogens is 262 g/mol. The number of epoxide rings is 1. The molecule has 21 heavy (non-hydrogen) atoms. The average molecular weight is 281 g/mol. The highest BCUT2D eigenvalue weighted by Gasteiger charge is 2.48. The molecule has 3 nitrogen and oxygen atoms in total. The molecule has 108 valence electrons. The highest BCUT2D eigenvalue weighted by atomic mass is 16.6. The molecule has 0 N–H and O–H groups in total. The second-order valence-electron chi connectivity index (χ2n) is 5.92. The first-order chi connectivity index (χ1) is 10.2. The van der Waals surface area contributed by atoms with Crippen LogP contribution in [0.25, 0.3) is 0 Å². The summed E-state index contributed by atoms with van der Waals surface area (Å²) in [4.78, 5) is 2.34. The molecule has 0 radical (unpaired) electrons. The minimum Gasteiger partial charge on any atom is -0.497 e. The Hall–Kier alpha value is -2.00. The minimum absolute atomic E-state index is 0.235. The molecule has 2 heterocycles. The first kappa shape index (κ1) is 12.7. The van der Waals surface area contributed by atoms with Crippen LogP contribution in [0.4, 0.5) is 11.4 Å². The SMILES string of the molecule is COc1ccc2c(c1)N(C1(C)CO1)c1ccccc1CC2. The molecule has 0 spiro atoms. The molecule has 1 fully saturated rings. The smallest absolute Gasteiger partial charge is 0.166 e. The number of fused-ring (bicyclic) bond motifs is 2. The van der Waals surface area contributed by atoms with Gasteiger partial charge in [0.15, 0.2) is 5.72 Å². The maximum Gasteiger partial charge on any atom is 0.166 e. The normalized spacial score (nSPS) is 23.0. The fourth-order valence-electron chi connectivity index (χ4n) is 3.17. The number of nitrogens with zero attached hydrogens (tertiary/aromatic N) is 1. The van der Waals surface area contributed by atoms with E-state index in [1.807, 2.05) is 6.07 Å². The topological polar surface area (TPSA) is 25.0 Å². The zero-order valence-corrected chi connectivity index (χ0v) is 12.4. The lowest BCUT2D eigenvalue weighted by Crippen LogP contribution is -2.32. The molecule has 2 aromatic rings. The first-order valence-corrected chi connectivity index (χ1v) is 7.40. The van der Waals surface area contributed by atoms with Crippen LogP contribution in [0.1, 0.15) is 18.1 Å². The number of anilines is 2. The van der Waals surface area contributed by atoms with E-state index in [1.165, 1.54) is 22.5 Å². The van der Waals surface area contributed by atoms with Crippen molar-refractivity contribution in [3.05, 3.63) is 53.6 Å². The third-order valence-electron chi connectivity index (χ3n) is 4.46. The van der Waals surface area contributed by atoms with E-state index in [-0.39, 0.29) is 5.72 Å². The summed E-state index contributed by atoms with van der Waals surface area (Å²) in [5.74, 6) is 0.891. The Labute approximate surface area is 125 Å². The Morgan fingerprint density at radius 2 is 1.76 bits per heavy atom. The highest BCUT2D eigenvalue weighted by Crippen LogP contribution is 2.46. The molecule has 1 saturated heterocycles. The van der Waals surface area contributed by atoms with Gasteiger partial charge in [0.2, 0.25) is 0 Å². The van der Waals surface area contributed by atoms with E-state index in [0.29, 0.717) is 0 Å². The summed E-state index contributed by atoms with van der Waals surface area (Å²) in [7, 11) is 1.71. The molecule has 2 aromatic carbocycles. The van der Waals surface area contributed by atoms with Crippen molar-refractivity contribution in [2.24, 2.45) is 0 Å². The largest absolute Gasteiger partial charge is 0.497 e. The number of benzene rings is 2. The van der Waals surface area contributed by atoms with Crippen molar-refractivity contribution in [1.82, 2.24) is 0 Å². The number of ether oxygens (including phenoxy) is 2. The van der Waals surface area contributed by atoms with Crippen LogP contribution in [-0.4, -0.2) is 19.4 Å². The van der Waals surface area contributed by atoms with Gasteiger partial charge in [-0.1, -0.05) is 24.3 Å². The van der Waals surface area contributed by atoms with Crippen LogP contribution in [-0.2, 0) is 17.6 Å². The van der Waals surface area contributed by atoms with Crippen molar-refractivity contribution in [3.63, 3.8) is 0 Å². The summed E-state index contributed by atoms with van der Waals surface area (Å²) in [5.41, 5.74) is 4.96. The standard InChI is InChI=1S/C18H19NO2/c1-18(12-21-18)19-16-6-4-3-5-13(16)7-8-14-9-10-15(20-2)11-17(14)19/h3-6,9-11H,7-8,12H2,1-2H3. The van der Waals surface area contributed by atoms with E-state index in [9.17, 15) is 0 Å². The summed E-state index contributed by atoms with van der Waals surface area (Å²) in [6.07, 6.45) is 2.10. The van der Waals surface area contributed by atoms with Gasteiger partial charge in [0.05, 0.1) is 19.4 Å². The van der Waals surface area contributed by atoms with Crippen molar-refractivity contribution < 1.29 is 9.47 Å². The molecule has 0 aromatic heterocycles. The number of para-hydroxylation sites is 1. The van der Waals surface area contributed by atoms with Gasteiger partial charge < -0.3 is 14.4 Å². The van der Waals surface area contributed by atoms with Crippen molar-refractivity contribution >= 4 is 11.4 Å². The van der Waals surface area contributed by atoms with Crippen LogP contribution in [0.15, 0.2) is 42.5 Å². The van der Waals surface area contributed by atoms with Gasteiger partial charge in [-0.15, -0.1) is 0 Å². The molecule has 0 aliphatic carbocycles. The van der Waals surface area contributed by atoms with Gasteiger partial charge in [-0.2, -0.15) is 0 Å². The zero-order valence-electron chi connectivity index (χ0n) is 12.4. The monoisotopic (exact) mass is 281 g/mol. The maximum atomic E-state index is 5.76. The van der Waals surface area contributed by atoms with Gasteiger partial charge in [0.1, 0.15) is 5.75 Å². The lowest BCUT2D eigenvalue weighted by molar-refractivity contribution is 0.327. The predicted molar refractivity (Wildman–Crippen MR) is 83.3 cm³/mol. The van der Waals surface area contributed by atoms with Gasteiger partial charge >= 0.3 is 0 Å². The quantitative estimate of drug-likeness (QED) is 0.785. The number of aryl methyl sites for hydroxylation is 2. The van der Waals surface area contributed by atoms with Crippen LogP contribution in [0, 0.1) is 0 Å². The molecular formula is C18H19NO2. The first-order valence-electron chi connectivity index (χ1n) is 7.40. The summed E-state index contributed by atoms with van der Waals surface area (Å²) in [5, 5.41) is 0. The van der Waals surface area contributed by atoms with E-state index in [4.69, 9.17) is 9.47 Å². The Kier molecular flexibility index (Phi) is 2.73. The number of rotatable bonds is 2. The third kappa shape index (κ3) is 2.00. The summed E-state index contributed by atoms with van der Waals surface area (Å²) < 4.78 is 11.2. The van der Waals surface area contributed by atoms with Crippen molar-refractivity contribution in [1.29, 1.82) is 0 Å². The summed E-state index contributed by atoms with van der Waals surface area (Å²) in [6, 6.07) is 15.0. The van der Waals surface area contributed by atoms with Crippen LogP contribution < -0.4 is 9.64 Å². The third-order valence-corrected chi connectivity index (χ3v) is 4.46. The van der Waals surface area contributed by atoms with Crippen LogP contribution in [0.3, 0.4) is 0 Å². The Balaban J connectivity index is 1.94. The molecule has 1 atom stereocenters. The van der Waals surface area contributed by atoms with Gasteiger partial charge in [0, 0.05) is 11.8 Å². The van der Waals surface area contributed by atoms with E-state index < -0.39 is 0 Å². The number of hydrogen-bond acceptors (Lipinski definition) is 3. The minimum atomic E-state index is -0.235. The van der Waals surface area contributed by atoms with Crippen molar-refractivity contribution in [2.45, 2.75) is 25.5 Å². The predicted octanol–water partition coefficient (Wildman–Crippen LogP) is 3.68. The zero-order chi connectivity index (χ0) is 14.4. The Morgan fingerprint density at radius 1 is 1.05 bits per heavy atom. The molecule has 2 aliphatic heterocycles. The van der Waals surface area contributed by atoms with Gasteiger partial charge in [-0.25, -0.2) is 0 Å². The Morgan fingerprint density at radius 3 is 2.48 bits per heavy atom. The van der Waals surface area contributed by atoms with E-state index in [1.54, 1.807) is 7.11 Å². The fraction of sp³-hybridized carbons (Fsp3) is 0.333. The summed E-state index contributed by atoms with van der Waals surface area (Å²) in [6.45, 7) is 2.91. The lowest BCUT2D eigenvalue weighted by atomic mass is 10.0. The van der Waals surface area contributed by atoms with Crippen LogP contribution >= 0.6 is 0 Å². The number of hydrogen-bond donors (Lipinski definition) is 0. The maximum absolute atomic E-state index is 5.76. The van der Waals surface area contributed by atoms with Crippen LogP contribution in [0.2, 0.25) is 0 Å². The Bertz CT molecular complexity index is 691. The molecule has 3 heteroatoms. The number of methoxy groups -OCH3 is 1. The second kappa shape index (κ2) is 4.50. The van der Waals surface area contributed by atoms with Crippen molar-refractivity contribution in [3.8, 4) is 5.75 Å². The van der Waals surface area contributed by atoms with Gasteiger partial charge in [-0.05, 0) is 43.0 Å². The van der Waals surface area contributed by atoms with Crippen molar-refractivity contribution in [2.75, 3.05) is 18.6 Å². The lowest BCUT2D eigenvalue weighted by Gasteiger charge is -2.30. The van der Waals surface area contributed by atoms with Crippen LogP contribution in [0.5, 0.6) is 5.75 Å². The molecule has 4 rings (SSSR count). The van der Waals surface area contributed by atoms with Gasteiger partial charge in [-0.3, -0.25) is 0 Å². The van der Waals surface area contributed by atoms with E-state index in [2.05, 4.69) is 48.2 Å². The molecule has 0 amide bonds. The molecule has 2 aliphatic rings. The fourth-order valence-corrected chi connectivity index (χ4v) is 3.17. The van der Waals surface area contributed by atoms with E-state index in [0.717, 1.165) is 25.2 Å². The molecule has 0 saturated carbocycles. The summed E-state index contributed by atoms with van der Waals surface area (Å²) >= 11 is 0. The molecule has 1 unspecified atom stereocenters. The van der Waals surface area contributed by atoms with E-state index >= 15 is 0 Å².